The van der Waals surface area contributed by atoms with Gasteiger partial charge in [0.15, 0.2) is 11.5 Å². The molecule has 1 aromatic heterocycles. The van der Waals surface area contributed by atoms with Gasteiger partial charge in [-0.15, -0.1) is 0 Å². The smallest absolute Gasteiger partial charge is 0.227 e. The molecule has 2 aliphatic rings. The van der Waals surface area contributed by atoms with Crippen LogP contribution in [0.3, 0.4) is 0 Å². The van der Waals surface area contributed by atoms with E-state index in [4.69, 9.17) is 21.1 Å². The van der Waals surface area contributed by atoms with Gasteiger partial charge in [-0.3, -0.25) is 4.79 Å². The zero-order chi connectivity index (χ0) is 17.2. The number of aromatic amines is 1. The number of piperidine rings is 1. The van der Waals surface area contributed by atoms with Crippen LogP contribution in [0, 0.1) is 0 Å². The topological polar surface area (TPSA) is 67.5 Å². The molecule has 132 valence electrons. The van der Waals surface area contributed by atoms with Crippen molar-refractivity contribution in [1.29, 1.82) is 0 Å². The van der Waals surface area contributed by atoms with Crippen LogP contribution >= 0.6 is 11.6 Å². The first-order valence-corrected chi connectivity index (χ1v) is 8.93. The van der Waals surface area contributed by atoms with Crippen LogP contribution in [-0.2, 0) is 11.2 Å². The summed E-state index contributed by atoms with van der Waals surface area (Å²) in [4.78, 5) is 22.1. The van der Waals surface area contributed by atoms with E-state index in [1.807, 2.05) is 17.2 Å². The number of benzene rings is 1. The summed E-state index contributed by atoms with van der Waals surface area (Å²) in [6.07, 6.45) is 5.75. The number of rotatable bonds is 3. The molecule has 0 radical (unpaired) electrons. The fourth-order valence-electron chi connectivity index (χ4n) is 3.42. The highest BCUT2D eigenvalue weighted by Crippen LogP contribution is 2.36. The maximum absolute atomic E-state index is 12.7. The Morgan fingerprint density at radius 3 is 2.64 bits per heavy atom. The van der Waals surface area contributed by atoms with E-state index < -0.39 is 0 Å². The summed E-state index contributed by atoms with van der Waals surface area (Å²) in [6.45, 7) is 2.52. The van der Waals surface area contributed by atoms with Crippen LogP contribution in [-0.4, -0.2) is 47.1 Å². The molecule has 0 saturated carbocycles. The Hall–Kier alpha value is -2.21. The molecular formula is C18H20ClN3O3. The molecule has 1 fully saturated rings. The Bertz CT molecular complexity index is 755. The molecule has 3 heterocycles. The summed E-state index contributed by atoms with van der Waals surface area (Å²) in [6, 6.07) is 3.56. The Kier molecular flexibility index (Phi) is 4.53. The molecule has 1 amide bonds. The number of fused-ring (bicyclic) bond motifs is 1. The highest BCUT2D eigenvalue weighted by molar-refractivity contribution is 6.31. The molecule has 7 heteroatoms. The lowest BCUT2D eigenvalue weighted by molar-refractivity contribution is -0.131. The second kappa shape index (κ2) is 6.96. The molecule has 0 spiro atoms. The van der Waals surface area contributed by atoms with E-state index >= 15 is 0 Å². The van der Waals surface area contributed by atoms with Crippen molar-refractivity contribution >= 4 is 17.5 Å². The van der Waals surface area contributed by atoms with Gasteiger partial charge in [0, 0.05) is 42.5 Å². The van der Waals surface area contributed by atoms with Gasteiger partial charge in [-0.05, 0) is 24.5 Å². The van der Waals surface area contributed by atoms with Crippen LogP contribution < -0.4 is 9.47 Å². The zero-order valence-corrected chi connectivity index (χ0v) is 14.6. The number of H-pyrrole nitrogens is 1. The van der Waals surface area contributed by atoms with Gasteiger partial charge < -0.3 is 19.4 Å². The van der Waals surface area contributed by atoms with Gasteiger partial charge in [0.2, 0.25) is 5.91 Å². The number of carbonyl (C=O) groups is 1. The van der Waals surface area contributed by atoms with E-state index in [1.165, 1.54) is 0 Å². The standard InChI is InChI=1S/C18H20ClN3O3/c19-14-11-16-15(24-7-8-25-16)9-13(14)10-17(23)22-5-1-12(2-6-22)18-20-3-4-21-18/h3-4,9,11-12H,1-2,5-8,10H2,(H,20,21). The van der Waals surface area contributed by atoms with Crippen LogP contribution in [0.4, 0.5) is 0 Å². The summed E-state index contributed by atoms with van der Waals surface area (Å²) < 4.78 is 11.1. The van der Waals surface area contributed by atoms with Crippen LogP contribution in [0.5, 0.6) is 11.5 Å². The molecule has 1 N–H and O–H groups in total. The molecule has 0 atom stereocenters. The minimum absolute atomic E-state index is 0.0940. The van der Waals surface area contributed by atoms with Gasteiger partial charge in [-0.25, -0.2) is 4.98 Å². The first-order valence-electron chi connectivity index (χ1n) is 8.56. The molecule has 0 bridgehead atoms. The Labute approximate surface area is 151 Å². The third kappa shape index (κ3) is 3.44. The van der Waals surface area contributed by atoms with Crippen LogP contribution in [0.15, 0.2) is 24.5 Å². The monoisotopic (exact) mass is 361 g/mol. The SMILES string of the molecule is O=C(Cc1cc2c(cc1Cl)OCCO2)N1CCC(c2ncc[nH]2)CC1. The first-order chi connectivity index (χ1) is 12.2. The average molecular weight is 362 g/mol. The van der Waals surface area contributed by atoms with Crippen molar-refractivity contribution in [3.05, 3.63) is 40.9 Å². The third-order valence-corrected chi connectivity index (χ3v) is 5.16. The summed E-state index contributed by atoms with van der Waals surface area (Å²) >= 11 is 6.32. The van der Waals surface area contributed by atoms with Crippen molar-refractivity contribution in [3.63, 3.8) is 0 Å². The Balaban J connectivity index is 1.39. The number of hydrogen-bond acceptors (Lipinski definition) is 4. The predicted octanol–water partition coefficient (Wildman–Crippen LogP) is 2.78. The lowest BCUT2D eigenvalue weighted by Gasteiger charge is -2.31. The summed E-state index contributed by atoms with van der Waals surface area (Å²) in [5.74, 6) is 2.82. The highest BCUT2D eigenvalue weighted by Gasteiger charge is 2.26. The molecule has 1 saturated heterocycles. The second-order valence-electron chi connectivity index (χ2n) is 6.39. The molecule has 2 aliphatic heterocycles. The van der Waals surface area contributed by atoms with E-state index in [9.17, 15) is 4.79 Å². The first kappa shape index (κ1) is 16.3. The minimum Gasteiger partial charge on any atom is -0.486 e. The number of nitrogens with one attached hydrogen (secondary N) is 1. The van der Waals surface area contributed by atoms with Gasteiger partial charge in [0.05, 0.1) is 6.42 Å². The quantitative estimate of drug-likeness (QED) is 0.912. The second-order valence-corrected chi connectivity index (χ2v) is 6.80. The van der Waals surface area contributed by atoms with Crippen LogP contribution in [0.1, 0.15) is 30.1 Å². The molecule has 0 unspecified atom stereocenters. The highest BCUT2D eigenvalue weighted by atomic mass is 35.5. The van der Waals surface area contributed by atoms with Crippen molar-refractivity contribution in [2.45, 2.75) is 25.2 Å². The normalized spacial score (nSPS) is 17.6. The fraction of sp³-hybridized carbons (Fsp3) is 0.444. The number of carbonyl (C=O) groups excluding carboxylic acids is 1. The summed E-state index contributed by atoms with van der Waals surface area (Å²) in [7, 11) is 0. The number of amides is 1. The van der Waals surface area contributed by atoms with E-state index in [0.717, 1.165) is 37.3 Å². The van der Waals surface area contributed by atoms with Gasteiger partial charge in [-0.1, -0.05) is 11.6 Å². The van der Waals surface area contributed by atoms with Crippen molar-refractivity contribution in [3.8, 4) is 11.5 Å². The average Bonchev–Trinajstić information content (AvgIpc) is 3.17. The van der Waals surface area contributed by atoms with E-state index in [1.54, 1.807) is 12.3 Å². The van der Waals surface area contributed by atoms with Gasteiger partial charge in [0.1, 0.15) is 19.0 Å². The molecule has 1 aromatic carbocycles. The molecular weight excluding hydrogens is 342 g/mol. The van der Waals surface area contributed by atoms with Crippen LogP contribution in [0.2, 0.25) is 5.02 Å². The minimum atomic E-state index is 0.0940. The van der Waals surface area contributed by atoms with Gasteiger partial charge in [0.25, 0.3) is 0 Å². The van der Waals surface area contributed by atoms with E-state index in [0.29, 0.717) is 35.7 Å². The molecule has 2 aromatic rings. The Morgan fingerprint density at radius 1 is 1.24 bits per heavy atom. The maximum atomic E-state index is 12.7. The number of aromatic nitrogens is 2. The molecule has 0 aliphatic carbocycles. The van der Waals surface area contributed by atoms with Gasteiger partial charge in [-0.2, -0.15) is 0 Å². The number of imidazole rings is 1. The Morgan fingerprint density at radius 2 is 1.96 bits per heavy atom. The number of nitrogens with zero attached hydrogens (tertiary/aromatic N) is 2. The lowest BCUT2D eigenvalue weighted by atomic mass is 9.95. The number of hydrogen-bond donors (Lipinski definition) is 1. The van der Waals surface area contributed by atoms with E-state index in [-0.39, 0.29) is 12.3 Å². The van der Waals surface area contributed by atoms with E-state index in [2.05, 4.69) is 9.97 Å². The largest absolute Gasteiger partial charge is 0.486 e. The lowest BCUT2D eigenvalue weighted by Crippen LogP contribution is -2.39. The van der Waals surface area contributed by atoms with Crippen molar-refractivity contribution in [1.82, 2.24) is 14.9 Å². The maximum Gasteiger partial charge on any atom is 0.227 e. The van der Waals surface area contributed by atoms with Gasteiger partial charge >= 0.3 is 0 Å². The molecule has 25 heavy (non-hydrogen) atoms. The number of likely N-dealkylation sites (tertiary alicyclic amines) is 1. The van der Waals surface area contributed by atoms with Crippen molar-refractivity contribution < 1.29 is 14.3 Å². The predicted molar refractivity (Wildman–Crippen MR) is 93.3 cm³/mol. The van der Waals surface area contributed by atoms with Crippen LogP contribution in [0.25, 0.3) is 0 Å². The van der Waals surface area contributed by atoms with Crippen molar-refractivity contribution in [2.24, 2.45) is 0 Å². The number of ether oxygens (including phenoxy) is 2. The molecule has 6 nitrogen and oxygen atoms in total. The third-order valence-electron chi connectivity index (χ3n) is 4.81. The summed E-state index contributed by atoms with van der Waals surface area (Å²) in [5, 5.41) is 0.545. The fourth-order valence-corrected chi connectivity index (χ4v) is 3.64. The van der Waals surface area contributed by atoms with Crippen molar-refractivity contribution in [2.75, 3.05) is 26.3 Å². The number of halogens is 1. The zero-order valence-electron chi connectivity index (χ0n) is 13.8. The molecule has 4 rings (SSSR count). The summed E-state index contributed by atoms with van der Waals surface area (Å²) in [5.41, 5.74) is 0.782.